The van der Waals surface area contributed by atoms with Gasteiger partial charge in [0.05, 0.1) is 13.2 Å². The largest absolute Gasteiger partial charge is 0.493 e. The highest BCUT2D eigenvalue weighted by Crippen LogP contribution is 2.48. The maximum absolute atomic E-state index is 6.42. The quantitative estimate of drug-likeness (QED) is 0.836. The molecule has 2 aliphatic carbocycles. The average molecular weight is 338 g/mol. The number of nitrogens with two attached hydrogens (primary N) is 1. The predicted molar refractivity (Wildman–Crippen MR) is 94.7 cm³/mol. The van der Waals surface area contributed by atoms with Crippen LogP contribution in [0.2, 0.25) is 5.02 Å². The van der Waals surface area contributed by atoms with Crippen LogP contribution >= 0.6 is 11.6 Å². The molecular weight excluding hydrogens is 310 g/mol. The first kappa shape index (κ1) is 16.9. The average Bonchev–Trinajstić information content (AvgIpc) is 3.09. The molecule has 2 N–H and O–H groups in total. The van der Waals surface area contributed by atoms with E-state index in [9.17, 15) is 0 Å². The Hall–Kier alpha value is -0.930. The van der Waals surface area contributed by atoms with E-state index >= 15 is 0 Å². The maximum Gasteiger partial charge on any atom is 0.165 e. The van der Waals surface area contributed by atoms with E-state index in [1.807, 2.05) is 6.07 Å². The van der Waals surface area contributed by atoms with Crippen LogP contribution in [-0.2, 0) is 5.41 Å². The maximum atomic E-state index is 6.42. The molecule has 0 heterocycles. The number of rotatable bonds is 5. The Morgan fingerprint density at radius 1 is 1.13 bits per heavy atom. The van der Waals surface area contributed by atoms with Crippen LogP contribution in [0.4, 0.5) is 0 Å². The van der Waals surface area contributed by atoms with Gasteiger partial charge < -0.3 is 15.2 Å². The molecule has 0 unspecified atom stereocenters. The molecule has 0 bridgehead atoms. The third-order valence-corrected chi connectivity index (χ3v) is 5.82. The molecule has 0 spiro atoms. The number of methoxy groups -OCH3 is 1. The molecular formula is C19H28ClNO2. The minimum absolute atomic E-state index is 0.0234. The van der Waals surface area contributed by atoms with Gasteiger partial charge in [0.2, 0.25) is 0 Å². The van der Waals surface area contributed by atoms with E-state index in [-0.39, 0.29) is 5.41 Å². The highest BCUT2D eigenvalue weighted by atomic mass is 35.5. The van der Waals surface area contributed by atoms with E-state index in [1.54, 1.807) is 7.11 Å². The van der Waals surface area contributed by atoms with Crippen molar-refractivity contribution in [2.75, 3.05) is 13.7 Å². The van der Waals surface area contributed by atoms with Gasteiger partial charge in [-0.1, -0.05) is 30.9 Å². The van der Waals surface area contributed by atoms with Crippen LogP contribution in [0.3, 0.4) is 0 Å². The van der Waals surface area contributed by atoms with Gasteiger partial charge in [0, 0.05) is 28.6 Å². The number of ether oxygens (including phenoxy) is 2. The van der Waals surface area contributed by atoms with Crippen LogP contribution in [0.1, 0.15) is 63.4 Å². The van der Waals surface area contributed by atoms with E-state index in [0.29, 0.717) is 17.7 Å². The van der Waals surface area contributed by atoms with Crippen molar-refractivity contribution in [2.24, 2.45) is 5.73 Å². The van der Waals surface area contributed by atoms with Gasteiger partial charge in [-0.05, 0) is 44.6 Å². The molecule has 0 atom stereocenters. The van der Waals surface area contributed by atoms with Crippen LogP contribution < -0.4 is 15.2 Å². The van der Waals surface area contributed by atoms with Crippen LogP contribution in [0, 0.1) is 0 Å². The van der Waals surface area contributed by atoms with E-state index < -0.39 is 0 Å². The van der Waals surface area contributed by atoms with Gasteiger partial charge in [-0.2, -0.15) is 0 Å². The second-order valence-electron chi connectivity index (χ2n) is 7.05. The molecule has 0 amide bonds. The summed E-state index contributed by atoms with van der Waals surface area (Å²) in [6.07, 6.45) is 11.0. The first-order valence-electron chi connectivity index (χ1n) is 8.93. The monoisotopic (exact) mass is 337 g/mol. The van der Waals surface area contributed by atoms with E-state index in [0.717, 1.165) is 42.7 Å². The van der Waals surface area contributed by atoms with E-state index in [2.05, 4.69) is 6.07 Å². The van der Waals surface area contributed by atoms with Crippen molar-refractivity contribution in [3.05, 3.63) is 22.7 Å². The second-order valence-corrected chi connectivity index (χ2v) is 7.49. The summed E-state index contributed by atoms with van der Waals surface area (Å²) >= 11 is 6.38. The molecule has 0 radical (unpaired) electrons. The van der Waals surface area contributed by atoms with Crippen LogP contribution in [-0.4, -0.2) is 19.8 Å². The minimum atomic E-state index is -0.0234. The van der Waals surface area contributed by atoms with Gasteiger partial charge in [-0.25, -0.2) is 0 Å². The zero-order valence-corrected chi connectivity index (χ0v) is 14.8. The number of halogens is 1. The fourth-order valence-electron chi connectivity index (χ4n) is 4.22. The molecule has 0 aliphatic heterocycles. The molecule has 0 aromatic heterocycles. The molecule has 2 saturated carbocycles. The topological polar surface area (TPSA) is 44.5 Å². The third-order valence-electron chi connectivity index (χ3n) is 5.60. The van der Waals surface area contributed by atoms with Crippen molar-refractivity contribution in [1.29, 1.82) is 0 Å². The Morgan fingerprint density at radius 2 is 1.83 bits per heavy atom. The summed E-state index contributed by atoms with van der Waals surface area (Å²) in [4.78, 5) is 0. The highest BCUT2D eigenvalue weighted by Gasteiger charge is 2.37. The van der Waals surface area contributed by atoms with Crippen LogP contribution in [0.5, 0.6) is 11.5 Å². The van der Waals surface area contributed by atoms with Crippen molar-refractivity contribution in [3.8, 4) is 11.5 Å². The normalized spacial score (nSPS) is 21.3. The standard InChI is InChI=1S/C19H28ClNO2/c1-22-17-12-14(20)11-16(18(17)23-15-7-3-4-8-15)19(13-21)9-5-2-6-10-19/h11-12,15H,2-10,13,21H2,1H3. The summed E-state index contributed by atoms with van der Waals surface area (Å²) in [6, 6.07) is 3.93. The summed E-state index contributed by atoms with van der Waals surface area (Å²) in [5.74, 6) is 1.63. The van der Waals surface area contributed by atoms with Crippen molar-refractivity contribution in [1.82, 2.24) is 0 Å². The fourth-order valence-corrected chi connectivity index (χ4v) is 4.43. The van der Waals surface area contributed by atoms with Crippen molar-refractivity contribution < 1.29 is 9.47 Å². The van der Waals surface area contributed by atoms with Crippen molar-refractivity contribution in [3.63, 3.8) is 0 Å². The molecule has 3 rings (SSSR count). The summed E-state index contributed by atoms with van der Waals surface area (Å²) in [5.41, 5.74) is 7.39. The smallest absolute Gasteiger partial charge is 0.165 e. The molecule has 3 nitrogen and oxygen atoms in total. The number of benzene rings is 1. The van der Waals surface area contributed by atoms with Gasteiger partial charge in [-0.3, -0.25) is 0 Å². The van der Waals surface area contributed by atoms with E-state index in [4.69, 9.17) is 26.8 Å². The van der Waals surface area contributed by atoms with Crippen LogP contribution in [0.15, 0.2) is 12.1 Å². The SMILES string of the molecule is COc1cc(Cl)cc(C2(CN)CCCCC2)c1OC1CCCC1. The fraction of sp³-hybridized carbons (Fsp3) is 0.684. The second kappa shape index (κ2) is 7.31. The lowest BCUT2D eigenvalue weighted by molar-refractivity contribution is 0.189. The van der Waals surface area contributed by atoms with Crippen molar-refractivity contribution >= 4 is 11.6 Å². The van der Waals surface area contributed by atoms with Gasteiger partial charge in [0.1, 0.15) is 0 Å². The Balaban J connectivity index is 2.03. The third kappa shape index (κ3) is 3.46. The minimum Gasteiger partial charge on any atom is -0.493 e. The van der Waals surface area contributed by atoms with Gasteiger partial charge in [-0.15, -0.1) is 0 Å². The molecule has 4 heteroatoms. The Bertz CT molecular complexity index is 534. The molecule has 0 saturated heterocycles. The van der Waals surface area contributed by atoms with Crippen LogP contribution in [0.25, 0.3) is 0 Å². The number of hydrogen-bond donors (Lipinski definition) is 1. The summed E-state index contributed by atoms with van der Waals surface area (Å²) in [5, 5.41) is 0.703. The molecule has 128 valence electrons. The summed E-state index contributed by atoms with van der Waals surface area (Å²) < 4.78 is 12.0. The Kier molecular flexibility index (Phi) is 5.38. The predicted octanol–water partition coefficient (Wildman–Crippen LogP) is 4.83. The lowest BCUT2D eigenvalue weighted by Crippen LogP contribution is -2.38. The van der Waals surface area contributed by atoms with Crippen molar-refractivity contribution in [2.45, 2.75) is 69.3 Å². The molecule has 2 fully saturated rings. The zero-order chi connectivity index (χ0) is 16.3. The van der Waals surface area contributed by atoms with Gasteiger partial charge in [0.25, 0.3) is 0 Å². The molecule has 2 aliphatic rings. The molecule has 1 aromatic carbocycles. The first-order chi connectivity index (χ1) is 11.2. The molecule has 1 aromatic rings. The first-order valence-corrected chi connectivity index (χ1v) is 9.31. The van der Waals surface area contributed by atoms with E-state index in [1.165, 1.54) is 32.1 Å². The number of hydrogen-bond acceptors (Lipinski definition) is 3. The van der Waals surface area contributed by atoms with Gasteiger partial charge in [0.15, 0.2) is 11.5 Å². The van der Waals surface area contributed by atoms with Gasteiger partial charge >= 0.3 is 0 Å². The lowest BCUT2D eigenvalue weighted by Gasteiger charge is -2.38. The summed E-state index contributed by atoms with van der Waals surface area (Å²) in [7, 11) is 1.69. The zero-order valence-electron chi connectivity index (χ0n) is 14.1. The summed E-state index contributed by atoms with van der Waals surface area (Å²) in [6.45, 7) is 0.636. The Labute approximate surface area is 144 Å². The lowest BCUT2D eigenvalue weighted by atomic mass is 9.69. The Morgan fingerprint density at radius 3 is 2.43 bits per heavy atom. The molecule has 23 heavy (non-hydrogen) atoms. The highest BCUT2D eigenvalue weighted by molar-refractivity contribution is 6.30.